The summed E-state index contributed by atoms with van der Waals surface area (Å²) in [7, 11) is 2.11. The Balaban J connectivity index is 2.23. The zero-order chi connectivity index (χ0) is 11.6. The second kappa shape index (κ2) is 4.56. The van der Waals surface area contributed by atoms with Gasteiger partial charge in [-0.05, 0) is 38.9 Å². The molecule has 2 atom stereocenters. The van der Waals surface area contributed by atoms with Crippen LogP contribution in [0.4, 0.5) is 0 Å². The molecule has 0 saturated carbocycles. The molecule has 0 spiro atoms. The lowest BCUT2D eigenvalue weighted by molar-refractivity contribution is -0.0450. The average Bonchev–Trinajstić information content (AvgIpc) is 2.30. The van der Waals surface area contributed by atoms with Crippen LogP contribution in [0.15, 0.2) is 30.3 Å². The Morgan fingerprint density at radius 3 is 2.56 bits per heavy atom. The molecule has 2 rings (SSSR count). The van der Waals surface area contributed by atoms with Crippen LogP contribution < -0.4 is 0 Å². The van der Waals surface area contributed by atoms with E-state index in [1.807, 2.05) is 37.3 Å². The number of aliphatic hydroxyl groups is 1. The number of hydrogen-bond donors (Lipinski definition) is 1. The van der Waals surface area contributed by atoms with Gasteiger partial charge in [-0.15, -0.1) is 0 Å². The molecule has 16 heavy (non-hydrogen) atoms. The summed E-state index contributed by atoms with van der Waals surface area (Å²) in [6.07, 6.45) is 3.55. The normalized spacial score (nSPS) is 26.3. The molecule has 0 aliphatic carbocycles. The Labute approximate surface area is 97.9 Å². The highest BCUT2D eigenvalue weighted by Crippen LogP contribution is 2.32. The standard InChI is InChI=1S/C14H21NO/c1-14(16,12-8-4-3-5-9-12)13-10-6-7-11-15(13)2/h3-5,8-9,13,16H,6-7,10-11H2,1-2H3/t13-,14+/m0/s1. The minimum atomic E-state index is -0.740. The number of likely N-dealkylation sites (tertiary alicyclic amines) is 1. The highest BCUT2D eigenvalue weighted by atomic mass is 16.3. The van der Waals surface area contributed by atoms with E-state index in [9.17, 15) is 5.11 Å². The highest BCUT2D eigenvalue weighted by molar-refractivity contribution is 5.23. The van der Waals surface area contributed by atoms with Crippen LogP contribution in [0.5, 0.6) is 0 Å². The molecule has 0 radical (unpaired) electrons. The van der Waals surface area contributed by atoms with Gasteiger partial charge in [0.1, 0.15) is 5.60 Å². The second-order valence-corrected chi connectivity index (χ2v) is 5.01. The molecule has 1 aromatic rings. The monoisotopic (exact) mass is 219 g/mol. The first-order chi connectivity index (χ1) is 7.62. The van der Waals surface area contributed by atoms with E-state index in [-0.39, 0.29) is 6.04 Å². The van der Waals surface area contributed by atoms with Gasteiger partial charge in [0.15, 0.2) is 0 Å². The average molecular weight is 219 g/mol. The molecule has 0 amide bonds. The molecule has 1 fully saturated rings. The van der Waals surface area contributed by atoms with Crippen LogP contribution in [-0.4, -0.2) is 29.6 Å². The molecular formula is C14H21NO. The van der Waals surface area contributed by atoms with Gasteiger partial charge in [0.25, 0.3) is 0 Å². The lowest BCUT2D eigenvalue weighted by Crippen LogP contribution is -2.49. The van der Waals surface area contributed by atoms with Crippen LogP contribution in [0.25, 0.3) is 0 Å². The van der Waals surface area contributed by atoms with Crippen molar-refractivity contribution < 1.29 is 5.11 Å². The first kappa shape index (κ1) is 11.6. The molecule has 0 bridgehead atoms. The second-order valence-electron chi connectivity index (χ2n) is 5.01. The predicted octanol–water partition coefficient (Wildman–Crippen LogP) is 2.38. The van der Waals surface area contributed by atoms with Crippen molar-refractivity contribution in [3.63, 3.8) is 0 Å². The van der Waals surface area contributed by atoms with Crippen molar-refractivity contribution in [3.8, 4) is 0 Å². The van der Waals surface area contributed by atoms with E-state index in [1.165, 1.54) is 12.8 Å². The van der Waals surface area contributed by atoms with Crippen LogP contribution in [0.1, 0.15) is 31.7 Å². The van der Waals surface area contributed by atoms with Crippen molar-refractivity contribution in [3.05, 3.63) is 35.9 Å². The molecular weight excluding hydrogens is 198 g/mol. The number of benzene rings is 1. The fourth-order valence-corrected chi connectivity index (χ4v) is 2.75. The van der Waals surface area contributed by atoms with Crippen molar-refractivity contribution in [2.45, 2.75) is 37.8 Å². The van der Waals surface area contributed by atoms with Crippen LogP contribution >= 0.6 is 0 Å². The molecule has 1 aliphatic rings. The lowest BCUT2D eigenvalue weighted by atomic mass is 9.83. The number of rotatable bonds is 2. The fraction of sp³-hybridized carbons (Fsp3) is 0.571. The van der Waals surface area contributed by atoms with Gasteiger partial charge in [-0.1, -0.05) is 36.8 Å². The molecule has 1 aliphatic heterocycles. The zero-order valence-electron chi connectivity index (χ0n) is 10.2. The van der Waals surface area contributed by atoms with Crippen molar-refractivity contribution in [2.24, 2.45) is 0 Å². The molecule has 0 aromatic heterocycles. The van der Waals surface area contributed by atoms with E-state index in [2.05, 4.69) is 11.9 Å². The van der Waals surface area contributed by atoms with Gasteiger partial charge in [-0.25, -0.2) is 0 Å². The minimum absolute atomic E-state index is 0.239. The first-order valence-corrected chi connectivity index (χ1v) is 6.10. The molecule has 1 N–H and O–H groups in total. The largest absolute Gasteiger partial charge is 0.384 e. The Hall–Kier alpha value is -0.860. The quantitative estimate of drug-likeness (QED) is 0.825. The summed E-state index contributed by atoms with van der Waals surface area (Å²) in [4.78, 5) is 2.29. The highest BCUT2D eigenvalue weighted by Gasteiger charge is 2.37. The summed E-state index contributed by atoms with van der Waals surface area (Å²) in [6, 6.07) is 10.2. The summed E-state index contributed by atoms with van der Waals surface area (Å²) < 4.78 is 0. The van der Waals surface area contributed by atoms with Gasteiger partial charge in [0.2, 0.25) is 0 Å². The van der Waals surface area contributed by atoms with Crippen molar-refractivity contribution in [1.82, 2.24) is 4.90 Å². The zero-order valence-corrected chi connectivity index (χ0v) is 10.2. The van der Waals surface area contributed by atoms with E-state index in [0.29, 0.717) is 0 Å². The molecule has 88 valence electrons. The molecule has 2 nitrogen and oxygen atoms in total. The molecule has 1 heterocycles. The van der Waals surface area contributed by atoms with E-state index < -0.39 is 5.60 Å². The van der Waals surface area contributed by atoms with Crippen LogP contribution in [0.2, 0.25) is 0 Å². The maximum absolute atomic E-state index is 10.7. The van der Waals surface area contributed by atoms with Crippen molar-refractivity contribution in [2.75, 3.05) is 13.6 Å². The number of piperidine rings is 1. The Morgan fingerprint density at radius 2 is 1.94 bits per heavy atom. The maximum atomic E-state index is 10.7. The topological polar surface area (TPSA) is 23.5 Å². The maximum Gasteiger partial charge on any atom is 0.102 e. The number of likely N-dealkylation sites (N-methyl/N-ethyl adjacent to an activating group) is 1. The summed E-state index contributed by atoms with van der Waals surface area (Å²) in [6.45, 7) is 3.03. The Bertz CT molecular complexity index is 334. The summed E-state index contributed by atoms with van der Waals surface area (Å²) >= 11 is 0. The van der Waals surface area contributed by atoms with Gasteiger partial charge >= 0.3 is 0 Å². The molecule has 1 aromatic carbocycles. The Kier molecular flexibility index (Phi) is 3.31. The minimum Gasteiger partial charge on any atom is -0.384 e. The van der Waals surface area contributed by atoms with Gasteiger partial charge in [0.05, 0.1) is 0 Å². The van der Waals surface area contributed by atoms with E-state index in [4.69, 9.17) is 0 Å². The third-order valence-electron chi connectivity index (χ3n) is 3.78. The molecule has 1 saturated heterocycles. The summed E-state index contributed by atoms with van der Waals surface area (Å²) in [5, 5.41) is 10.7. The van der Waals surface area contributed by atoms with Crippen molar-refractivity contribution >= 4 is 0 Å². The first-order valence-electron chi connectivity index (χ1n) is 6.10. The summed E-state index contributed by atoms with van der Waals surface area (Å²) in [5.41, 5.74) is 0.282. The predicted molar refractivity (Wildman–Crippen MR) is 66.3 cm³/mol. The molecule has 0 unspecified atom stereocenters. The van der Waals surface area contributed by atoms with Gasteiger partial charge in [-0.2, -0.15) is 0 Å². The summed E-state index contributed by atoms with van der Waals surface area (Å²) in [5.74, 6) is 0. The molecule has 2 heteroatoms. The van der Waals surface area contributed by atoms with Gasteiger partial charge in [-0.3, -0.25) is 0 Å². The van der Waals surface area contributed by atoms with Gasteiger partial charge in [0, 0.05) is 6.04 Å². The Morgan fingerprint density at radius 1 is 1.25 bits per heavy atom. The van der Waals surface area contributed by atoms with E-state index >= 15 is 0 Å². The van der Waals surface area contributed by atoms with Crippen LogP contribution in [0.3, 0.4) is 0 Å². The third kappa shape index (κ3) is 2.13. The fourth-order valence-electron chi connectivity index (χ4n) is 2.75. The SMILES string of the molecule is CN1CCCC[C@H]1[C@](C)(O)c1ccccc1. The third-order valence-corrected chi connectivity index (χ3v) is 3.78. The lowest BCUT2D eigenvalue weighted by Gasteiger charge is -2.42. The smallest absolute Gasteiger partial charge is 0.102 e. The van der Waals surface area contributed by atoms with E-state index in [1.54, 1.807) is 0 Å². The number of hydrogen-bond acceptors (Lipinski definition) is 2. The van der Waals surface area contributed by atoms with Crippen LogP contribution in [-0.2, 0) is 5.60 Å². The van der Waals surface area contributed by atoms with Gasteiger partial charge < -0.3 is 10.0 Å². The van der Waals surface area contributed by atoms with Crippen molar-refractivity contribution in [1.29, 1.82) is 0 Å². The number of nitrogens with zero attached hydrogens (tertiary/aromatic N) is 1. The van der Waals surface area contributed by atoms with E-state index in [0.717, 1.165) is 18.5 Å². The van der Waals surface area contributed by atoms with Crippen LogP contribution in [0, 0.1) is 0 Å².